The molecular formula is C24H22BrF3O3. The summed E-state index contributed by atoms with van der Waals surface area (Å²) in [6, 6.07) is 20.4. The first-order chi connectivity index (χ1) is 14.8. The van der Waals surface area contributed by atoms with Crippen molar-refractivity contribution in [3.8, 4) is 17.2 Å². The molecule has 0 fully saturated rings. The van der Waals surface area contributed by atoms with Crippen molar-refractivity contribution in [2.75, 3.05) is 13.2 Å². The monoisotopic (exact) mass is 494 g/mol. The van der Waals surface area contributed by atoms with Crippen LogP contribution in [0.2, 0.25) is 0 Å². The molecule has 3 aromatic rings. The molecule has 1 unspecified atom stereocenters. The van der Waals surface area contributed by atoms with Gasteiger partial charge in [-0.2, -0.15) is 13.2 Å². The number of hydrogen-bond donors (Lipinski definition) is 0. The van der Waals surface area contributed by atoms with Gasteiger partial charge >= 0.3 is 6.18 Å². The van der Waals surface area contributed by atoms with E-state index in [4.69, 9.17) is 14.2 Å². The molecule has 0 saturated carbocycles. The van der Waals surface area contributed by atoms with Gasteiger partial charge in [0, 0.05) is 4.47 Å². The molecule has 3 rings (SSSR count). The summed E-state index contributed by atoms with van der Waals surface area (Å²) in [4.78, 5) is 0. The van der Waals surface area contributed by atoms with Gasteiger partial charge in [-0.15, -0.1) is 0 Å². The Balaban J connectivity index is 1.62. The van der Waals surface area contributed by atoms with E-state index in [1.165, 1.54) is 12.1 Å². The van der Waals surface area contributed by atoms with Crippen molar-refractivity contribution < 1.29 is 27.4 Å². The predicted molar refractivity (Wildman–Crippen MR) is 117 cm³/mol. The lowest BCUT2D eigenvalue weighted by molar-refractivity contribution is -0.163. The molecule has 164 valence electrons. The molecule has 0 N–H and O–H groups in total. The first-order valence-corrected chi connectivity index (χ1v) is 10.5. The van der Waals surface area contributed by atoms with Crippen molar-refractivity contribution in [2.24, 2.45) is 0 Å². The summed E-state index contributed by atoms with van der Waals surface area (Å²) in [6.45, 7) is 1.84. The van der Waals surface area contributed by atoms with Gasteiger partial charge in [-0.25, -0.2) is 0 Å². The Morgan fingerprint density at radius 3 is 2.19 bits per heavy atom. The summed E-state index contributed by atoms with van der Waals surface area (Å²) >= 11 is 3.37. The minimum atomic E-state index is -4.42. The van der Waals surface area contributed by atoms with Gasteiger partial charge in [0.05, 0.1) is 19.8 Å². The average Bonchev–Trinajstić information content (AvgIpc) is 2.73. The maximum atomic E-state index is 13.6. The van der Waals surface area contributed by atoms with Crippen molar-refractivity contribution >= 4 is 15.9 Å². The zero-order chi connectivity index (χ0) is 22.3. The highest BCUT2D eigenvalue weighted by molar-refractivity contribution is 9.10. The maximum absolute atomic E-state index is 13.6. The van der Waals surface area contributed by atoms with E-state index in [0.717, 1.165) is 10.0 Å². The van der Waals surface area contributed by atoms with E-state index < -0.39 is 18.7 Å². The van der Waals surface area contributed by atoms with E-state index in [0.29, 0.717) is 23.9 Å². The fourth-order valence-electron chi connectivity index (χ4n) is 2.97. The fraction of sp³-hybridized carbons (Fsp3) is 0.250. The molecule has 0 saturated heterocycles. The van der Waals surface area contributed by atoms with Crippen LogP contribution in [0.4, 0.5) is 13.2 Å². The number of rotatable bonds is 9. The van der Waals surface area contributed by atoms with E-state index in [9.17, 15) is 13.2 Å². The van der Waals surface area contributed by atoms with E-state index in [2.05, 4.69) is 15.9 Å². The van der Waals surface area contributed by atoms with E-state index in [1.54, 1.807) is 36.4 Å². The molecule has 0 aliphatic heterocycles. The second-order valence-electron chi connectivity index (χ2n) is 6.81. The van der Waals surface area contributed by atoms with Crippen molar-refractivity contribution in [3.63, 3.8) is 0 Å². The van der Waals surface area contributed by atoms with Gasteiger partial charge in [-0.3, -0.25) is 0 Å². The third-order valence-electron chi connectivity index (χ3n) is 4.49. The van der Waals surface area contributed by atoms with Crippen LogP contribution < -0.4 is 9.47 Å². The summed E-state index contributed by atoms with van der Waals surface area (Å²) in [5.74, 6) is 0.0669. The first kappa shape index (κ1) is 23.2. The third-order valence-corrected chi connectivity index (χ3v) is 5.02. The van der Waals surface area contributed by atoms with Crippen LogP contribution in [0.25, 0.3) is 0 Å². The minimum Gasteiger partial charge on any atom is -0.494 e. The van der Waals surface area contributed by atoms with Gasteiger partial charge in [-0.05, 0) is 66.6 Å². The molecule has 0 aliphatic carbocycles. The van der Waals surface area contributed by atoms with Crippen LogP contribution in [0, 0.1) is 0 Å². The van der Waals surface area contributed by atoms with Crippen LogP contribution in [-0.2, 0) is 11.3 Å². The molecule has 7 heteroatoms. The largest absolute Gasteiger partial charge is 0.494 e. The Kier molecular flexibility index (Phi) is 7.98. The van der Waals surface area contributed by atoms with Gasteiger partial charge in [-0.1, -0.05) is 40.2 Å². The SMILES string of the molecule is CCOc1ccc(C(COCc2cccc(Oc3ccc(Br)cc3)c2)C(F)(F)F)cc1. The minimum absolute atomic E-state index is 0.0428. The highest BCUT2D eigenvalue weighted by atomic mass is 79.9. The third kappa shape index (κ3) is 7.01. The van der Waals surface area contributed by atoms with Gasteiger partial charge in [0.2, 0.25) is 0 Å². The zero-order valence-electron chi connectivity index (χ0n) is 16.9. The molecule has 0 spiro atoms. The fourth-order valence-corrected chi connectivity index (χ4v) is 3.24. The molecular weight excluding hydrogens is 473 g/mol. The van der Waals surface area contributed by atoms with Crippen molar-refractivity contribution in [2.45, 2.75) is 25.6 Å². The number of alkyl halides is 3. The molecule has 0 heterocycles. The van der Waals surface area contributed by atoms with Crippen LogP contribution >= 0.6 is 15.9 Å². The van der Waals surface area contributed by atoms with Gasteiger partial charge < -0.3 is 14.2 Å². The van der Waals surface area contributed by atoms with Gasteiger partial charge in [0.15, 0.2) is 0 Å². The Bertz CT molecular complexity index is 957. The van der Waals surface area contributed by atoms with Crippen molar-refractivity contribution in [1.82, 2.24) is 0 Å². The molecule has 0 amide bonds. The standard InChI is InChI=1S/C24H22BrF3O3/c1-2-30-20-10-6-18(7-11-20)23(24(26,27)28)16-29-15-17-4-3-5-22(14-17)31-21-12-8-19(25)9-13-21/h3-14,23H,2,15-16H2,1H3. The second kappa shape index (κ2) is 10.7. The highest BCUT2D eigenvalue weighted by Gasteiger charge is 2.40. The Morgan fingerprint density at radius 1 is 0.871 bits per heavy atom. The van der Waals surface area contributed by atoms with Gasteiger partial charge in [0.25, 0.3) is 0 Å². The molecule has 3 nitrogen and oxygen atoms in total. The second-order valence-corrected chi connectivity index (χ2v) is 7.73. The Labute approximate surface area is 187 Å². The van der Waals surface area contributed by atoms with Crippen LogP contribution in [0.5, 0.6) is 17.2 Å². The van der Waals surface area contributed by atoms with Crippen LogP contribution in [0.15, 0.2) is 77.3 Å². The number of benzene rings is 3. The first-order valence-electron chi connectivity index (χ1n) is 9.74. The predicted octanol–water partition coefficient (Wildman–Crippen LogP) is 7.50. The summed E-state index contributed by atoms with van der Waals surface area (Å²) < 4.78 is 58.2. The molecule has 1 atom stereocenters. The topological polar surface area (TPSA) is 27.7 Å². The van der Waals surface area contributed by atoms with E-state index >= 15 is 0 Å². The Morgan fingerprint density at radius 2 is 1.55 bits per heavy atom. The smallest absolute Gasteiger partial charge is 0.397 e. The van der Waals surface area contributed by atoms with Gasteiger partial charge in [0.1, 0.15) is 23.2 Å². The summed E-state index contributed by atoms with van der Waals surface area (Å²) in [5, 5.41) is 0. The average molecular weight is 495 g/mol. The number of halogens is 4. The zero-order valence-corrected chi connectivity index (χ0v) is 18.4. The molecule has 0 aliphatic rings. The lowest BCUT2D eigenvalue weighted by atomic mass is 9.99. The summed E-state index contributed by atoms with van der Waals surface area (Å²) in [6.07, 6.45) is -4.42. The van der Waals surface area contributed by atoms with Crippen molar-refractivity contribution in [3.05, 3.63) is 88.4 Å². The van der Waals surface area contributed by atoms with Crippen LogP contribution in [0.1, 0.15) is 24.0 Å². The lowest BCUT2D eigenvalue weighted by Crippen LogP contribution is -2.25. The molecule has 3 aromatic carbocycles. The van der Waals surface area contributed by atoms with E-state index in [1.807, 2.05) is 31.2 Å². The highest BCUT2D eigenvalue weighted by Crippen LogP contribution is 2.36. The molecule has 0 aromatic heterocycles. The maximum Gasteiger partial charge on any atom is 0.397 e. The number of hydrogen-bond acceptors (Lipinski definition) is 3. The molecule has 31 heavy (non-hydrogen) atoms. The molecule has 0 radical (unpaired) electrons. The molecule has 0 bridgehead atoms. The summed E-state index contributed by atoms with van der Waals surface area (Å²) in [5.41, 5.74) is 0.866. The lowest BCUT2D eigenvalue weighted by Gasteiger charge is -2.21. The van der Waals surface area contributed by atoms with Crippen LogP contribution in [-0.4, -0.2) is 19.4 Å². The van der Waals surface area contributed by atoms with E-state index in [-0.39, 0.29) is 12.2 Å². The summed E-state index contributed by atoms with van der Waals surface area (Å²) in [7, 11) is 0. The number of ether oxygens (including phenoxy) is 3. The quantitative estimate of drug-likeness (QED) is 0.308. The normalized spacial score (nSPS) is 12.4. The Hall–Kier alpha value is -2.51. The van der Waals surface area contributed by atoms with Crippen LogP contribution in [0.3, 0.4) is 0 Å². The van der Waals surface area contributed by atoms with Crippen molar-refractivity contribution in [1.29, 1.82) is 0 Å².